The molecule has 0 bridgehead atoms. The van der Waals surface area contributed by atoms with E-state index in [2.05, 4.69) is 31.6 Å². The average Bonchev–Trinajstić information content (AvgIpc) is 2.73. The highest BCUT2D eigenvalue weighted by Crippen LogP contribution is 2.24. The Labute approximate surface area is 183 Å². The number of aryl methyl sites for hydroxylation is 1. The normalized spacial score (nSPS) is 16.1. The highest BCUT2D eigenvalue weighted by Gasteiger charge is 2.20. The van der Waals surface area contributed by atoms with E-state index in [4.69, 9.17) is 23.2 Å². The van der Waals surface area contributed by atoms with E-state index in [0.717, 1.165) is 57.1 Å². The molecule has 2 N–H and O–H groups in total. The average molecular weight is 434 g/mol. The number of nitrogens with one attached hydrogen (secondary N) is 2. The summed E-state index contributed by atoms with van der Waals surface area (Å²) in [5.74, 6) is 0.869. The molecule has 0 saturated carbocycles. The van der Waals surface area contributed by atoms with Gasteiger partial charge in [-0.05, 0) is 55.5 Å². The van der Waals surface area contributed by atoms with Crippen LogP contribution in [0.4, 0.5) is 0 Å². The first-order valence-electron chi connectivity index (χ1n) is 10.1. The summed E-state index contributed by atoms with van der Waals surface area (Å²) in [6.07, 6.45) is 5.04. The van der Waals surface area contributed by atoms with Crippen molar-refractivity contribution in [3.63, 3.8) is 0 Å². The Balaban J connectivity index is 1.39. The summed E-state index contributed by atoms with van der Waals surface area (Å²) in [5.41, 5.74) is 3.48. The molecule has 7 heteroatoms. The monoisotopic (exact) mass is 433 g/mol. The van der Waals surface area contributed by atoms with Gasteiger partial charge in [-0.2, -0.15) is 0 Å². The molecule has 29 heavy (non-hydrogen) atoms. The summed E-state index contributed by atoms with van der Waals surface area (Å²) in [6, 6.07) is 10.5. The molecule has 1 aliphatic heterocycles. The molecule has 0 unspecified atom stereocenters. The Morgan fingerprint density at radius 1 is 1.14 bits per heavy atom. The van der Waals surface area contributed by atoms with Crippen molar-refractivity contribution in [3.8, 4) is 0 Å². The SMILES string of the molecule is CN=C(NCCc1ccc(C)nc1)NC1CCN(Cc2ccc(Cl)c(Cl)c2)CC1. The van der Waals surface area contributed by atoms with Crippen molar-refractivity contribution in [1.29, 1.82) is 0 Å². The van der Waals surface area contributed by atoms with Gasteiger partial charge in [-0.25, -0.2) is 0 Å². The summed E-state index contributed by atoms with van der Waals surface area (Å²) in [5, 5.41) is 8.20. The van der Waals surface area contributed by atoms with Crippen LogP contribution in [0.1, 0.15) is 29.7 Å². The third-order valence-electron chi connectivity index (χ3n) is 5.22. The lowest BCUT2D eigenvalue weighted by Crippen LogP contribution is -2.48. The zero-order chi connectivity index (χ0) is 20.6. The lowest BCUT2D eigenvalue weighted by Gasteiger charge is -2.33. The van der Waals surface area contributed by atoms with Crippen LogP contribution in [0.5, 0.6) is 0 Å². The molecule has 156 valence electrons. The van der Waals surface area contributed by atoms with E-state index in [1.54, 1.807) is 0 Å². The van der Waals surface area contributed by atoms with Gasteiger partial charge in [-0.3, -0.25) is 14.9 Å². The zero-order valence-electron chi connectivity index (χ0n) is 17.1. The van der Waals surface area contributed by atoms with E-state index in [1.807, 2.05) is 44.4 Å². The summed E-state index contributed by atoms with van der Waals surface area (Å²) in [6.45, 7) is 5.83. The van der Waals surface area contributed by atoms with Gasteiger partial charge in [0.15, 0.2) is 5.96 Å². The molecule has 1 aliphatic rings. The smallest absolute Gasteiger partial charge is 0.191 e. The molecular formula is C22H29Cl2N5. The van der Waals surface area contributed by atoms with E-state index in [0.29, 0.717) is 16.1 Å². The number of pyridine rings is 1. The number of halogens is 2. The summed E-state index contributed by atoms with van der Waals surface area (Å²) in [4.78, 5) is 11.2. The number of benzene rings is 1. The van der Waals surface area contributed by atoms with Crippen LogP contribution in [0.25, 0.3) is 0 Å². The second-order valence-electron chi connectivity index (χ2n) is 7.50. The van der Waals surface area contributed by atoms with Gasteiger partial charge in [0.1, 0.15) is 0 Å². The minimum atomic E-state index is 0.437. The zero-order valence-corrected chi connectivity index (χ0v) is 18.6. The molecule has 0 atom stereocenters. The van der Waals surface area contributed by atoms with Crippen LogP contribution in [-0.4, -0.2) is 48.6 Å². The van der Waals surface area contributed by atoms with Gasteiger partial charge in [-0.1, -0.05) is 35.3 Å². The number of nitrogens with zero attached hydrogens (tertiary/aromatic N) is 3. The number of rotatable bonds is 6. The van der Waals surface area contributed by atoms with E-state index in [9.17, 15) is 0 Å². The quantitative estimate of drug-likeness (QED) is 0.532. The number of piperidine rings is 1. The van der Waals surface area contributed by atoms with Gasteiger partial charge in [0.2, 0.25) is 0 Å². The summed E-state index contributed by atoms with van der Waals surface area (Å²) >= 11 is 12.1. The summed E-state index contributed by atoms with van der Waals surface area (Å²) in [7, 11) is 1.82. The van der Waals surface area contributed by atoms with Gasteiger partial charge in [0.25, 0.3) is 0 Å². The number of aromatic nitrogens is 1. The van der Waals surface area contributed by atoms with E-state index < -0.39 is 0 Å². The third-order valence-corrected chi connectivity index (χ3v) is 5.96. The maximum atomic E-state index is 6.13. The molecular weight excluding hydrogens is 405 g/mol. The number of likely N-dealkylation sites (tertiary alicyclic amines) is 1. The molecule has 0 aliphatic carbocycles. The van der Waals surface area contributed by atoms with E-state index >= 15 is 0 Å². The Morgan fingerprint density at radius 2 is 1.90 bits per heavy atom. The lowest BCUT2D eigenvalue weighted by molar-refractivity contribution is 0.198. The van der Waals surface area contributed by atoms with Crippen LogP contribution in [-0.2, 0) is 13.0 Å². The molecule has 1 aromatic carbocycles. The third kappa shape index (κ3) is 6.88. The molecule has 1 aromatic heterocycles. The Hall–Kier alpha value is -1.82. The number of hydrogen-bond donors (Lipinski definition) is 2. The largest absolute Gasteiger partial charge is 0.356 e. The Kier molecular flexibility index (Phi) is 8.16. The Morgan fingerprint density at radius 3 is 2.55 bits per heavy atom. The van der Waals surface area contributed by atoms with Crippen molar-refractivity contribution < 1.29 is 0 Å². The van der Waals surface area contributed by atoms with Crippen LogP contribution in [0.15, 0.2) is 41.5 Å². The summed E-state index contributed by atoms with van der Waals surface area (Å²) < 4.78 is 0. The van der Waals surface area contributed by atoms with Crippen molar-refractivity contribution in [2.45, 2.75) is 38.8 Å². The number of hydrogen-bond acceptors (Lipinski definition) is 3. The van der Waals surface area contributed by atoms with Gasteiger partial charge < -0.3 is 10.6 Å². The molecule has 2 aromatic rings. The number of aliphatic imine (C=N–C) groups is 1. The number of guanidine groups is 1. The lowest BCUT2D eigenvalue weighted by atomic mass is 10.0. The van der Waals surface area contributed by atoms with Gasteiger partial charge in [-0.15, -0.1) is 0 Å². The van der Waals surface area contributed by atoms with Crippen LogP contribution in [0.2, 0.25) is 10.0 Å². The van der Waals surface area contributed by atoms with Crippen LogP contribution in [0, 0.1) is 6.92 Å². The van der Waals surface area contributed by atoms with Crippen molar-refractivity contribution >= 4 is 29.2 Å². The van der Waals surface area contributed by atoms with Crippen LogP contribution >= 0.6 is 23.2 Å². The fourth-order valence-electron chi connectivity index (χ4n) is 3.49. The molecule has 1 fully saturated rings. The maximum Gasteiger partial charge on any atom is 0.191 e. The van der Waals surface area contributed by atoms with Crippen molar-refractivity contribution in [2.75, 3.05) is 26.7 Å². The second kappa shape index (κ2) is 10.8. The van der Waals surface area contributed by atoms with Crippen LogP contribution < -0.4 is 10.6 Å². The van der Waals surface area contributed by atoms with E-state index in [1.165, 1.54) is 11.1 Å². The standard InChI is InChI=1S/C22H29Cl2N5/c1-16-3-4-17(14-27-16)7-10-26-22(25-2)28-19-8-11-29(12-9-19)15-18-5-6-20(23)21(24)13-18/h3-6,13-14,19H,7-12,15H2,1-2H3,(H2,25,26,28). The highest BCUT2D eigenvalue weighted by molar-refractivity contribution is 6.42. The molecule has 0 spiro atoms. The fraction of sp³-hybridized carbons (Fsp3) is 0.455. The molecule has 3 rings (SSSR count). The molecule has 2 heterocycles. The first-order valence-corrected chi connectivity index (χ1v) is 10.8. The Bertz CT molecular complexity index is 814. The van der Waals surface area contributed by atoms with Crippen molar-refractivity contribution in [1.82, 2.24) is 20.5 Å². The fourth-order valence-corrected chi connectivity index (χ4v) is 3.81. The van der Waals surface area contributed by atoms with Gasteiger partial charge >= 0.3 is 0 Å². The highest BCUT2D eigenvalue weighted by atomic mass is 35.5. The predicted octanol–water partition coefficient (Wildman–Crippen LogP) is 4.07. The predicted molar refractivity (Wildman–Crippen MR) is 122 cm³/mol. The molecule has 5 nitrogen and oxygen atoms in total. The van der Waals surface area contributed by atoms with Gasteiger partial charge in [0.05, 0.1) is 10.0 Å². The van der Waals surface area contributed by atoms with Crippen molar-refractivity contribution in [2.24, 2.45) is 4.99 Å². The minimum Gasteiger partial charge on any atom is -0.356 e. The molecule has 1 saturated heterocycles. The van der Waals surface area contributed by atoms with Crippen molar-refractivity contribution in [3.05, 3.63) is 63.4 Å². The topological polar surface area (TPSA) is 52.6 Å². The molecule has 0 amide bonds. The first kappa shape index (κ1) is 21.9. The first-order chi connectivity index (χ1) is 14.0. The van der Waals surface area contributed by atoms with Crippen LogP contribution in [0.3, 0.4) is 0 Å². The minimum absolute atomic E-state index is 0.437. The molecule has 0 radical (unpaired) electrons. The maximum absolute atomic E-state index is 6.13. The van der Waals surface area contributed by atoms with Gasteiger partial charge in [0, 0.05) is 51.2 Å². The van der Waals surface area contributed by atoms with E-state index in [-0.39, 0.29) is 0 Å². The second-order valence-corrected chi connectivity index (χ2v) is 8.31.